The molecule has 2 rings (SSSR count). The van der Waals surface area contributed by atoms with Gasteiger partial charge in [0.1, 0.15) is 5.75 Å². The van der Waals surface area contributed by atoms with Gasteiger partial charge in [-0.3, -0.25) is 0 Å². The first-order valence-corrected chi connectivity index (χ1v) is 6.73. The second kappa shape index (κ2) is 5.96. The van der Waals surface area contributed by atoms with Gasteiger partial charge in [-0.25, -0.2) is 5.01 Å². The highest BCUT2D eigenvalue weighted by Gasteiger charge is 2.11. The fourth-order valence-corrected chi connectivity index (χ4v) is 2.15. The van der Waals surface area contributed by atoms with Gasteiger partial charge in [0.2, 0.25) is 0 Å². The van der Waals surface area contributed by atoms with E-state index in [2.05, 4.69) is 10.4 Å². The van der Waals surface area contributed by atoms with Crippen LogP contribution in [0.5, 0.6) is 5.75 Å². The number of nitrogen functional groups attached to an aromatic ring is 1. The molecule has 1 fully saturated rings. The van der Waals surface area contributed by atoms with Crippen molar-refractivity contribution in [1.29, 1.82) is 0 Å². The highest BCUT2D eigenvalue weighted by molar-refractivity contribution is 5.61. The number of anilines is 2. The summed E-state index contributed by atoms with van der Waals surface area (Å²) in [6.45, 7) is 6.21. The van der Waals surface area contributed by atoms with E-state index in [-0.39, 0.29) is 6.10 Å². The first-order chi connectivity index (χ1) is 8.65. The maximum Gasteiger partial charge on any atom is 0.144 e. The number of nitrogens with two attached hydrogens (primary N) is 1. The maximum absolute atomic E-state index is 5.90. The molecule has 0 saturated carbocycles. The molecule has 4 nitrogen and oxygen atoms in total. The predicted octanol–water partition coefficient (Wildman–Crippen LogP) is 2.87. The number of hydrazine groups is 1. The molecule has 1 heterocycles. The Hall–Kier alpha value is -1.42. The lowest BCUT2D eigenvalue weighted by Gasteiger charge is -2.28. The van der Waals surface area contributed by atoms with Crippen LogP contribution in [0.2, 0.25) is 0 Å². The minimum absolute atomic E-state index is 0.137. The zero-order chi connectivity index (χ0) is 13.0. The highest BCUT2D eigenvalue weighted by Crippen LogP contribution is 2.27. The molecular formula is C14H23N3O. The molecule has 0 aromatic heterocycles. The third-order valence-corrected chi connectivity index (χ3v) is 3.02. The Morgan fingerprint density at radius 2 is 1.94 bits per heavy atom. The number of nitrogens with one attached hydrogen (secondary N) is 1. The second-order valence-electron chi connectivity index (χ2n) is 5.08. The molecule has 1 aromatic rings. The van der Waals surface area contributed by atoms with E-state index in [1.54, 1.807) is 0 Å². The number of hydrogen-bond donors (Lipinski definition) is 2. The topological polar surface area (TPSA) is 50.5 Å². The Bertz CT molecular complexity index is 387. The first-order valence-electron chi connectivity index (χ1n) is 6.73. The summed E-state index contributed by atoms with van der Waals surface area (Å²) in [5.41, 5.74) is 11.1. The van der Waals surface area contributed by atoms with Crippen molar-refractivity contribution in [2.45, 2.75) is 39.2 Å². The van der Waals surface area contributed by atoms with Crippen LogP contribution < -0.4 is 15.9 Å². The van der Waals surface area contributed by atoms with Gasteiger partial charge in [-0.1, -0.05) is 6.42 Å². The minimum Gasteiger partial charge on any atom is -0.489 e. The first kappa shape index (κ1) is 13.0. The van der Waals surface area contributed by atoms with Crippen LogP contribution in [0, 0.1) is 0 Å². The molecule has 1 aliphatic rings. The zero-order valence-corrected chi connectivity index (χ0v) is 11.3. The van der Waals surface area contributed by atoms with Crippen molar-refractivity contribution >= 4 is 11.4 Å². The van der Waals surface area contributed by atoms with Gasteiger partial charge in [-0.05, 0) is 38.8 Å². The van der Waals surface area contributed by atoms with Crippen molar-refractivity contribution in [3.63, 3.8) is 0 Å². The molecule has 100 valence electrons. The van der Waals surface area contributed by atoms with Crippen molar-refractivity contribution < 1.29 is 4.74 Å². The highest BCUT2D eigenvalue weighted by atomic mass is 16.5. The molecule has 0 radical (unpaired) electrons. The van der Waals surface area contributed by atoms with Gasteiger partial charge in [0, 0.05) is 19.2 Å². The number of ether oxygens (including phenoxy) is 1. The molecule has 0 bridgehead atoms. The molecule has 1 aromatic carbocycles. The van der Waals surface area contributed by atoms with Crippen LogP contribution in [0.3, 0.4) is 0 Å². The minimum atomic E-state index is 0.137. The Labute approximate surface area is 109 Å². The van der Waals surface area contributed by atoms with Crippen LogP contribution in [0.25, 0.3) is 0 Å². The normalized spacial score (nSPS) is 16.8. The molecule has 0 aliphatic carbocycles. The number of nitrogens with zero attached hydrogens (tertiary/aromatic N) is 1. The van der Waals surface area contributed by atoms with Crippen LogP contribution >= 0.6 is 0 Å². The lowest BCUT2D eigenvalue weighted by molar-refractivity contribution is 0.243. The van der Waals surface area contributed by atoms with Crippen molar-refractivity contribution in [3.05, 3.63) is 18.2 Å². The smallest absolute Gasteiger partial charge is 0.144 e. The fourth-order valence-electron chi connectivity index (χ4n) is 2.15. The van der Waals surface area contributed by atoms with Crippen molar-refractivity contribution in [3.8, 4) is 5.75 Å². The molecule has 0 spiro atoms. The number of rotatable bonds is 4. The van der Waals surface area contributed by atoms with E-state index < -0.39 is 0 Å². The summed E-state index contributed by atoms with van der Waals surface area (Å²) in [5.74, 6) is 0.756. The summed E-state index contributed by atoms with van der Waals surface area (Å²) >= 11 is 0. The molecule has 0 unspecified atom stereocenters. The molecule has 0 atom stereocenters. The fraction of sp³-hybridized carbons (Fsp3) is 0.571. The molecule has 4 heteroatoms. The van der Waals surface area contributed by atoms with E-state index in [4.69, 9.17) is 10.5 Å². The maximum atomic E-state index is 5.90. The number of piperidine rings is 1. The van der Waals surface area contributed by atoms with Crippen LogP contribution in [-0.4, -0.2) is 24.2 Å². The van der Waals surface area contributed by atoms with Gasteiger partial charge in [0.15, 0.2) is 0 Å². The average molecular weight is 249 g/mol. The summed E-state index contributed by atoms with van der Waals surface area (Å²) in [7, 11) is 0. The Balaban J connectivity index is 2.03. The van der Waals surface area contributed by atoms with Crippen molar-refractivity contribution in [1.82, 2.24) is 5.01 Å². The summed E-state index contributed by atoms with van der Waals surface area (Å²) in [6, 6.07) is 5.87. The SMILES string of the molecule is CC(C)Oc1cc(NN2CCCCC2)ccc1N. The van der Waals surface area contributed by atoms with Gasteiger partial charge >= 0.3 is 0 Å². The predicted molar refractivity (Wildman–Crippen MR) is 75.7 cm³/mol. The van der Waals surface area contributed by atoms with E-state index in [0.29, 0.717) is 5.69 Å². The third kappa shape index (κ3) is 3.53. The summed E-state index contributed by atoms with van der Waals surface area (Å²) in [5, 5.41) is 2.26. The van der Waals surface area contributed by atoms with Gasteiger partial charge in [-0.2, -0.15) is 0 Å². The standard InChI is InChI=1S/C14H23N3O/c1-11(2)18-14-10-12(6-7-13(14)15)16-17-8-4-3-5-9-17/h6-7,10-11,16H,3-5,8-9,15H2,1-2H3. The number of benzene rings is 1. The van der Waals surface area contributed by atoms with Crippen LogP contribution in [0.4, 0.5) is 11.4 Å². The monoisotopic (exact) mass is 249 g/mol. The average Bonchev–Trinajstić information content (AvgIpc) is 2.34. The molecule has 1 aliphatic heterocycles. The zero-order valence-electron chi connectivity index (χ0n) is 11.3. The molecule has 1 saturated heterocycles. The van der Waals surface area contributed by atoms with Crippen molar-refractivity contribution in [2.24, 2.45) is 0 Å². The summed E-state index contributed by atoms with van der Waals surface area (Å²) < 4.78 is 5.69. The van der Waals surface area contributed by atoms with Crippen molar-refractivity contribution in [2.75, 3.05) is 24.2 Å². The van der Waals surface area contributed by atoms with Gasteiger partial charge in [0.25, 0.3) is 0 Å². The molecule has 0 amide bonds. The van der Waals surface area contributed by atoms with E-state index >= 15 is 0 Å². The lowest BCUT2D eigenvalue weighted by Crippen LogP contribution is -2.34. The number of hydrogen-bond acceptors (Lipinski definition) is 4. The van der Waals surface area contributed by atoms with E-state index in [1.807, 2.05) is 32.0 Å². The van der Waals surface area contributed by atoms with Gasteiger partial charge in [-0.15, -0.1) is 0 Å². The third-order valence-electron chi connectivity index (χ3n) is 3.02. The van der Waals surface area contributed by atoms with E-state index in [9.17, 15) is 0 Å². The van der Waals surface area contributed by atoms with E-state index in [1.165, 1.54) is 19.3 Å². The molecular weight excluding hydrogens is 226 g/mol. The quantitative estimate of drug-likeness (QED) is 0.806. The lowest BCUT2D eigenvalue weighted by atomic mass is 10.2. The molecule has 18 heavy (non-hydrogen) atoms. The van der Waals surface area contributed by atoms with Gasteiger partial charge < -0.3 is 15.9 Å². The van der Waals surface area contributed by atoms with Crippen LogP contribution in [0.15, 0.2) is 18.2 Å². The summed E-state index contributed by atoms with van der Waals surface area (Å²) in [4.78, 5) is 0. The van der Waals surface area contributed by atoms with Crippen LogP contribution in [-0.2, 0) is 0 Å². The Morgan fingerprint density at radius 1 is 1.22 bits per heavy atom. The largest absolute Gasteiger partial charge is 0.489 e. The second-order valence-corrected chi connectivity index (χ2v) is 5.08. The van der Waals surface area contributed by atoms with Crippen LogP contribution in [0.1, 0.15) is 33.1 Å². The molecule has 3 N–H and O–H groups in total. The van der Waals surface area contributed by atoms with Gasteiger partial charge in [0.05, 0.1) is 17.5 Å². The van der Waals surface area contributed by atoms with E-state index in [0.717, 1.165) is 24.5 Å². The Morgan fingerprint density at radius 3 is 2.61 bits per heavy atom. The summed E-state index contributed by atoms with van der Waals surface area (Å²) in [6.07, 6.45) is 3.99. The Kier molecular flexibility index (Phi) is 4.31.